The molecule has 0 spiro atoms. The molecule has 0 aromatic carbocycles. The van der Waals surface area contributed by atoms with Gasteiger partial charge in [-0.2, -0.15) is 0 Å². The van der Waals surface area contributed by atoms with E-state index in [1.54, 1.807) is 6.92 Å². The van der Waals surface area contributed by atoms with Crippen molar-refractivity contribution in [2.45, 2.75) is 135 Å². The predicted molar refractivity (Wildman–Crippen MR) is 136 cm³/mol. The molecule has 2 aliphatic heterocycles. The predicted octanol–water partition coefficient (Wildman–Crippen LogP) is 2.28. The maximum absolute atomic E-state index is 12.8. The molecule has 2 heterocycles. The zero-order valence-corrected chi connectivity index (χ0v) is 23.9. The van der Waals surface area contributed by atoms with Gasteiger partial charge in [-0.3, -0.25) is 14.4 Å². The van der Waals surface area contributed by atoms with Crippen LogP contribution < -0.4 is 0 Å². The molecule has 3 fully saturated rings. The lowest BCUT2D eigenvalue weighted by Gasteiger charge is -2.55. The molecular formula is C28H46O10. The lowest BCUT2D eigenvalue weighted by atomic mass is 9.55. The van der Waals surface area contributed by atoms with Crippen molar-refractivity contribution in [1.29, 1.82) is 0 Å². The Hall–Kier alpha value is -1.75. The Balaban J connectivity index is 2.24. The third-order valence-electron chi connectivity index (χ3n) is 8.87. The monoisotopic (exact) mass is 542 g/mol. The molecule has 0 radical (unpaired) electrons. The highest BCUT2D eigenvalue weighted by molar-refractivity contribution is 5.70. The molecule has 3 rings (SSSR count). The summed E-state index contributed by atoms with van der Waals surface area (Å²) >= 11 is 0. The van der Waals surface area contributed by atoms with Gasteiger partial charge in [-0.25, -0.2) is 0 Å². The number of fused-ring (bicyclic) bond motifs is 5. The van der Waals surface area contributed by atoms with E-state index in [1.165, 1.54) is 27.7 Å². The van der Waals surface area contributed by atoms with Crippen LogP contribution in [0.4, 0.5) is 0 Å². The first-order chi connectivity index (χ1) is 17.5. The molecule has 0 aromatic heterocycles. The van der Waals surface area contributed by atoms with Gasteiger partial charge in [-0.15, -0.1) is 0 Å². The highest BCUT2D eigenvalue weighted by atomic mass is 16.6. The molecule has 10 nitrogen and oxygen atoms in total. The minimum Gasteiger partial charge on any atom is -0.458 e. The van der Waals surface area contributed by atoms with Gasteiger partial charge in [0.05, 0.1) is 17.8 Å². The Morgan fingerprint density at radius 3 is 2.18 bits per heavy atom. The SMILES string of the molecule is CCCC(=O)OC1(C)CCC(O)C(C)(O)CC2OC1C1C(C(C)C)C(OC(C)=O)C(OC(C)=O)C(C)(O)C21. The summed E-state index contributed by atoms with van der Waals surface area (Å²) in [6, 6.07) is 0. The Labute approximate surface area is 225 Å². The van der Waals surface area contributed by atoms with Gasteiger partial charge in [0.25, 0.3) is 0 Å². The molecular weight excluding hydrogens is 496 g/mol. The zero-order valence-electron chi connectivity index (χ0n) is 23.9. The van der Waals surface area contributed by atoms with Gasteiger partial charge in [0, 0.05) is 44.4 Å². The molecule has 3 aliphatic rings. The molecule has 11 unspecified atom stereocenters. The van der Waals surface area contributed by atoms with Crippen molar-refractivity contribution in [2.75, 3.05) is 0 Å². The quantitative estimate of drug-likeness (QED) is 0.337. The lowest BCUT2D eigenvalue weighted by Crippen LogP contribution is -2.68. The number of ether oxygens (including phenoxy) is 4. The van der Waals surface area contributed by atoms with Gasteiger partial charge >= 0.3 is 17.9 Å². The maximum Gasteiger partial charge on any atom is 0.306 e. The zero-order chi connectivity index (χ0) is 28.8. The summed E-state index contributed by atoms with van der Waals surface area (Å²) < 4.78 is 24.1. The van der Waals surface area contributed by atoms with Crippen molar-refractivity contribution in [3.05, 3.63) is 0 Å². The van der Waals surface area contributed by atoms with Gasteiger partial charge in [0.2, 0.25) is 0 Å². The van der Waals surface area contributed by atoms with Crippen LogP contribution in [0.15, 0.2) is 0 Å². The normalized spacial score (nSPS) is 44.8. The van der Waals surface area contributed by atoms with Crippen LogP contribution in [0.3, 0.4) is 0 Å². The lowest BCUT2D eigenvalue weighted by molar-refractivity contribution is -0.242. The molecule has 2 saturated heterocycles. The Bertz CT molecular complexity index is 898. The molecule has 10 heteroatoms. The largest absolute Gasteiger partial charge is 0.458 e. The topological polar surface area (TPSA) is 149 Å². The third kappa shape index (κ3) is 5.74. The summed E-state index contributed by atoms with van der Waals surface area (Å²) in [4.78, 5) is 37.2. The van der Waals surface area contributed by atoms with Gasteiger partial charge in [0.15, 0.2) is 6.10 Å². The van der Waals surface area contributed by atoms with Crippen LogP contribution in [0.5, 0.6) is 0 Å². The molecule has 0 amide bonds. The molecule has 3 N–H and O–H groups in total. The summed E-state index contributed by atoms with van der Waals surface area (Å²) in [5, 5.41) is 34.3. The first-order valence-electron chi connectivity index (χ1n) is 13.8. The smallest absolute Gasteiger partial charge is 0.306 e. The van der Waals surface area contributed by atoms with E-state index in [0.29, 0.717) is 6.42 Å². The number of aliphatic hydroxyl groups excluding tert-OH is 1. The van der Waals surface area contributed by atoms with Crippen molar-refractivity contribution in [1.82, 2.24) is 0 Å². The van der Waals surface area contributed by atoms with E-state index in [9.17, 15) is 29.7 Å². The summed E-state index contributed by atoms with van der Waals surface area (Å²) in [6.45, 7) is 13.1. The van der Waals surface area contributed by atoms with E-state index < -0.39 is 83.0 Å². The molecule has 2 bridgehead atoms. The van der Waals surface area contributed by atoms with Gasteiger partial charge in [-0.1, -0.05) is 20.8 Å². The summed E-state index contributed by atoms with van der Waals surface area (Å²) in [5.41, 5.74) is -4.50. The minimum atomic E-state index is -1.74. The summed E-state index contributed by atoms with van der Waals surface area (Å²) in [7, 11) is 0. The fourth-order valence-electron chi connectivity index (χ4n) is 7.24. The van der Waals surface area contributed by atoms with E-state index in [1.807, 2.05) is 20.8 Å². The van der Waals surface area contributed by atoms with Crippen molar-refractivity contribution in [2.24, 2.45) is 23.7 Å². The van der Waals surface area contributed by atoms with Crippen molar-refractivity contribution >= 4 is 17.9 Å². The minimum absolute atomic E-state index is 0.00317. The molecule has 38 heavy (non-hydrogen) atoms. The molecule has 0 aromatic rings. The van der Waals surface area contributed by atoms with Crippen LogP contribution in [-0.4, -0.2) is 80.6 Å². The Kier molecular flexibility index (Phi) is 8.93. The summed E-state index contributed by atoms with van der Waals surface area (Å²) in [6.07, 6.45) is -3.66. The number of carbonyl (C=O) groups is 3. The van der Waals surface area contributed by atoms with Crippen LogP contribution in [0.25, 0.3) is 0 Å². The number of hydrogen-bond acceptors (Lipinski definition) is 10. The standard InChI is InChI=1S/C28H46O10/c1-9-10-19(32)38-27(7)12-11-18(31)26(6,33)13-17-22-21(24(27)37-17)20(14(2)3)23(35-15(4)29)25(28(22,8)34)36-16(5)30/h14,17-18,20-25,31,33-34H,9-13H2,1-8H3. The number of aliphatic hydroxyl groups is 3. The second kappa shape index (κ2) is 11.0. The first-order valence-corrected chi connectivity index (χ1v) is 13.8. The van der Waals surface area contributed by atoms with Gasteiger partial charge < -0.3 is 34.3 Å². The molecule has 11 atom stereocenters. The average molecular weight is 543 g/mol. The summed E-state index contributed by atoms with van der Waals surface area (Å²) in [5.74, 6) is -3.37. The van der Waals surface area contributed by atoms with Gasteiger partial charge in [0.1, 0.15) is 23.4 Å². The van der Waals surface area contributed by atoms with E-state index in [4.69, 9.17) is 18.9 Å². The Morgan fingerprint density at radius 2 is 1.66 bits per heavy atom. The van der Waals surface area contributed by atoms with Crippen LogP contribution in [0.1, 0.15) is 87.5 Å². The number of esters is 3. The van der Waals surface area contributed by atoms with E-state index in [-0.39, 0.29) is 31.6 Å². The Morgan fingerprint density at radius 1 is 1.05 bits per heavy atom. The molecule has 1 saturated carbocycles. The van der Waals surface area contributed by atoms with E-state index in [0.717, 1.165) is 0 Å². The van der Waals surface area contributed by atoms with Crippen molar-refractivity contribution in [3.8, 4) is 0 Å². The molecule has 218 valence electrons. The second-order valence-electron chi connectivity index (χ2n) is 12.5. The fraction of sp³-hybridized carbons (Fsp3) is 0.893. The van der Waals surface area contributed by atoms with E-state index in [2.05, 4.69) is 0 Å². The number of rotatable bonds is 6. The maximum atomic E-state index is 12.8. The van der Waals surface area contributed by atoms with Crippen LogP contribution >= 0.6 is 0 Å². The number of hydrogen-bond donors (Lipinski definition) is 3. The third-order valence-corrected chi connectivity index (χ3v) is 8.87. The van der Waals surface area contributed by atoms with Crippen LogP contribution in [0.2, 0.25) is 0 Å². The van der Waals surface area contributed by atoms with Gasteiger partial charge in [-0.05, 0) is 46.0 Å². The van der Waals surface area contributed by atoms with Crippen molar-refractivity contribution < 1.29 is 48.7 Å². The average Bonchev–Trinajstić information content (AvgIpc) is 3.14. The van der Waals surface area contributed by atoms with E-state index >= 15 is 0 Å². The first kappa shape index (κ1) is 30.8. The van der Waals surface area contributed by atoms with Crippen LogP contribution in [0, 0.1) is 23.7 Å². The highest BCUT2D eigenvalue weighted by Gasteiger charge is 2.70. The van der Waals surface area contributed by atoms with Crippen molar-refractivity contribution in [3.63, 3.8) is 0 Å². The highest BCUT2D eigenvalue weighted by Crippen LogP contribution is 2.58. The van der Waals surface area contributed by atoms with Crippen LogP contribution in [-0.2, 0) is 33.3 Å². The second-order valence-corrected chi connectivity index (χ2v) is 12.5. The molecule has 1 aliphatic carbocycles. The number of carbonyl (C=O) groups excluding carboxylic acids is 3. The fourth-order valence-corrected chi connectivity index (χ4v) is 7.24.